The van der Waals surface area contributed by atoms with Gasteiger partial charge in [-0.3, -0.25) is 4.72 Å². The monoisotopic (exact) mass is 458 g/mol. The average molecular weight is 459 g/mol. The second-order valence-electron chi connectivity index (χ2n) is 6.08. The molecule has 2 aromatic heterocycles. The molecule has 0 fully saturated rings. The highest BCUT2D eigenvalue weighted by molar-refractivity contribution is 7.92. The van der Waals surface area contributed by atoms with Crippen molar-refractivity contribution in [1.82, 2.24) is 9.97 Å². The summed E-state index contributed by atoms with van der Waals surface area (Å²) in [4.78, 5) is 7.71. The van der Waals surface area contributed by atoms with Gasteiger partial charge in [0.25, 0.3) is 10.0 Å². The van der Waals surface area contributed by atoms with Gasteiger partial charge in [0.2, 0.25) is 0 Å². The highest BCUT2D eigenvalue weighted by Crippen LogP contribution is 2.36. The molecule has 3 rings (SSSR count). The maximum Gasteiger partial charge on any atom is 0.416 e. The summed E-state index contributed by atoms with van der Waals surface area (Å²) in [5.41, 5.74) is 5.29. The lowest BCUT2D eigenvalue weighted by atomic mass is 10.0. The van der Waals surface area contributed by atoms with Crippen LogP contribution in [0.25, 0.3) is 11.3 Å². The first-order valence-corrected chi connectivity index (χ1v) is 9.92. The fourth-order valence-corrected chi connectivity index (χ4v) is 3.76. The minimum atomic E-state index is -4.55. The van der Waals surface area contributed by atoms with Crippen LogP contribution in [0.2, 0.25) is 5.02 Å². The first-order chi connectivity index (χ1) is 13.5. The van der Waals surface area contributed by atoms with Crippen molar-refractivity contribution in [3.8, 4) is 11.3 Å². The molecule has 0 unspecified atom stereocenters. The molecule has 0 spiro atoms. The average Bonchev–Trinajstić information content (AvgIpc) is 2.63. The van der Waals surface area contributed by atoms with Gasteiger partial charge in [0, 0.05) is 17.8 Å². The van der Waals surface area contributed by atoms with Crippen LogP contribution in [0.4, 0.5) is 24.8 Å². The second-order valence-corrected chi connectivity index (χ2v) is 8.17. The van der Waals surface area contributed by atoms with Crippen LogP contribution < -0.4 is 10.5 Å². The van der Waals surface area contributed by atoms with Crippen LogP contribution in [0.1, 0.15) is 18.6 Å². The molecule has 11 heteroatoms. The molecular formula is C19H18ClF3N4O2S. The molecule has 1 aromatic carbocycles. The third kappa shape index (κ3) is 5.00. The Bertz CT molecular complexity index is 1180. The number of alkyl halides is 3. The van der Waals surface area contributed by atoms with E-state index in [4.69, 9.17) is 17.3 Å². The number of nitrogens with one attached hydrogen (secondary N) is 1. The van der Waals surface area contributed by atoms with E-state index in [9.17, 15) is 21.6 Å². The highest BCUT2D eigenvalue weighted by atomic mass is 35.5. The lowest BCUT2D eigenvalue weighted by Gasteiger charge is -2.14. The Balaban J connectivity index is 0.00000320. The predicted octanol–water partition coefficient (Wildman–Crippen LogP) is 5.14. The number of rotatable bonds is 4. The largest absolute Gasteiger partial charge is 0.416 e. The van der Waals surface area contributed by atoms with E-state index in [2.05, 4.69) is 14.7 Å². The molecule has 160 valence electrons. The zero-order chi connectivity index (χ0) is 21.4. The molecule has 2 heterocycles. The third-order valence-electron chi connectivity index (χ3n) is 3.97. The van der Waals surface area contributed by atoms with E-state index >= 15 is 0 Å². The molecule has 6 nitrogen and oxygen atoms in total. The van der Waals surface area contributed by atoms with Crippen molar-refractivity contribution in [2.24, 2.45) is 0 Å². The summed E-state index contributed by atoms with van der Waals surface area (Å²) in [7, 11) is -4.04. The number of nitrogen functional groups attached to an aromatic ring is 1. The summed E-state index contributed by atoms with van der Waals surface area (Å²) in [5, 5.41) is 0.0727. The van der Waals surface area contributed by atoms with Gasteiger partial charge in [-0.1, -0.05) is 25.1 Å². The van der Waals surface area contributed by atoms with E-state index < -0.39 is 21.8 Å². The van der Waals surface area contributed by atoms with Gasteiger partial charge < -0.3 is 5.73 Å². The van der Waals surface area contributed by atoms with Gasteiger partial charge in [-0.2, -0.15) is 13.2 Å². The van der Waals surface area contributed by atoms with E-state index in [1.807, 2.05) is 0 Å². The molecule has 0 bridgehead atoms. The van der Waals surface area contributed by atoms with Crippen LogP contribution in [0, 0.1) is 6.92 Å². The number of pyridine rings is 2. The number of aryl methyl sites for hydroxylation is 1. The standard InChI is InChI=1S/C18H14ClF3N4O2S.CH4/c1-10-2-3-11(18(20,21)22)8-13(10)17-14(19)4-5-16(25-17)26-29(27,28)12-6-7-24-15(23)9-12;/h2-9H,1H3,(H2,23,24)(H,25,26);1H4. The lowest BCUT2D eigenvalue weighted by molar-refractivity contribution is -0.137. The van der Waals surface area contributed by atoms with E-state index in [1.54, 1.807) is 6.92 Å². The summed E-state index contributed by atoms with van der Waals surface area (Å²) in [6.07, 6.45) is -3.31. The van der Waals surface area contributed by atoms with Gasteiger partial charge in [-0.05, 0) is 42.8 Å². The molecule has 0 atom stereocenters. The number of sulfonamides is 1. The molecule has 0 aliphatic carbocycles. The molecule has 0 radical (unpaired) electrons. The molecule has 0 aliphatic rings. The van der Waals surface area contributed by atoms with E-state index in [-0.39, 0.29) is 40.2 Å². The van der Waals surface area contributed by atoms with Crippen molar-refractivity contribution in [2.75, 3.05) is 10.5 Å². The van der Waals surface area contributed by atoms with Gasteiger partial charge in [-0.25, -0.2) is 18.4 Å². The molecule has 0 aliphatic heterocycles. The summed E-state index contributed by atoms with van der Waals surface area (Å²) in [6.45, 7) is 1.60. The van der Waals surface area contributed by atoms with Gasteiger partial charge >= 0.3 is 6.18 Å². The fraction of sp³-hybridized carbons (Fsp3) is 0.158. The first-order valence-electron chi connectivity index (χ1n) is 8.06. The van der Waals surface area contributed by atoms with Crippen LogP contribution in [0.3, 0.4) is 0 Å². The maximum atomic E-state index is 13.1. The van der Waals surface area contributed by atoms with Crippen LogP contribution in [0.15, 0.2) is 53.6 Å². The minimum Gasteiger partial charge on any atom is -0.384 e. The first kappa shape index (κ1) is 23.4. The zero-order valence-corrected chi connectivity index (χ0v) is 16.4. The topological polar surface area (TPSA) is 98.0 Å². The van der Waals surface area contributed by atoms with Crippen molar-refractivity contribution in [3.05, 3.63) is 64.8 Å². The number of hydrogen-bond donors (Lipinski definition) is 2. The van der Waals surface area contributed by atoms with Crippen LogP contribution in [0.5, 0.6) is 0 Å². The Labute approximate surface area is 177 Å². The minimum absolute atomic E-state index is 0. The van der Waals surface area contributed by atoms with E-state index in [0.29, 0.717) is 5.56 Å². The maximum absolute atomic E-state index is 13.1. The fourth-order valence-electron chi connectivity index (χ4n) is 2.53. The summed E-state index contributed by atoms with van der Waals surface area (Å²) >= 11 is 6.13. The Hall–Kier alpha value is -2.85. The van der Waals surface area contributed by atoms with Crippen molar-refractivity contribution in [1.29, 1.82) is 0 Å². The van der Waals surface area contributed by atoms with Crippen molar-refractivity contribution < 1.29 is 21.6 Å². The smallest absolute Gasteiger partial charge is 0.384 e. The van der Waals surface area contributed by atoms with Gasteiger partial charge in [0.05, 0.1) is 21.2 Å². The summed E-state index contributed by atoms with van der Waals surface area (Å²) < 4.78 is 66.5. The molecular weight excluding hydrogens is 441 g/mol. The number of benzene rings is 1. The molecule has 0 saturated heterocycles. The van der Waals surface area contributed by atoms with Crippen LogP contribution >= 0.6 is 11.6 Å². The Morgan fingerprint density at radius 2 is 1.80 bits per heavy atom. The SMILES string of the molecule is C.Cc1ccc(C(F)(F)F)cc1-c1nc(NS(=O)(=O)c2ccnc(N)c2)ccc1Cl. The van der Waals surface area contributed by atoms with Crippen LogP contribution in [-0.2, 0) is 16.2 Å². The van der Waals surface area contributed by atoms with Crippen molar-refractivity contribution in [3.63, 3.8) is 0 Å². The Morgan fingerprint density at radius 3 is 2.43 bits per heavy atom. The number of nitrogens with zero attached hydrogens (tertiary/aromatic N) is 2. The quantitative estimate of drug-likeness (QED) is 0.563. The Morgan fingerprint density at radius 1 is 1.10 bits per heavy atom. The normalized spacial score (nSPS) is 11.6. The summed E-state index contributed by atoms with van der Waals surface area (Å²) in [5.74, 6) is -0.103. The zero-order valence-electron chi connectivity index (χ0n) is 14.8. The van der Waals surface area contributed by atoms with Gasteiger partial charge in [-0.15, -0.1) is 0 Å². The second kappa shape index (κ2) is 8.49. The van der Waals surface area contributed by atoms with Gasteiger partial charge in [0.1, 0.15) is 11.6 Å². The van der Waals surface area contributed by atoms with Crippen LogP contribution in [-0.4, -0.2) is 18.4 Å². The number of aromatic nitrogens is 2. The highest BCUT2D eigenvalue weighted by Gasteiger charge is 2.31. The third-order valence-corrected chi connectivity index (χ3v) is 5.63. The van der Waals surface area contributed by atoms with Gasteiger partial charge in [0.15, 0.2) is 0 Å². The lowest BCUT2D eigenvalue weighted by Crippen LogP contribution is -2.14. The molecule has 0 saturated carbocycles. The number of anilines is 2. The number of nitrogens with two attached hydrogens (primary N) is 1. The Kier molecular flexibility index (Phi) is 6.63. The van der Waals surface area contributed by atoms with E-state index in [0.717, 1.165) is 18.2 Å². The summed E-state index contributed by atoms with van der Waals surface area (Å²) in [6, 6.07) is 8.23. The van der Waals surface area contributed by atoms with Crippen molar-refractivity contribution >= 4 is 33.3 Å². The predicted molar refractivity (Wildman–Crippen MR) is 111 cm³/mol. The van der Waals surface area contributed by atoms with E-state index in [1.165, 1.54) is 30.5 Å². The number of halogens is 4. The number of hydrogen-bond acceptors (Lipinski definition) is 5. The van der Waals surface area contributed by atoms with Crippen molar-refractivity contribution in [2.45, 2.75) is 25.4 Å². The molecule has 3 aromatic rings. The molecule has 30 heavy (non-hydrogen) atoms. The molecule has 0 amide bonds. The molecule has 3 N–H and O–H groups in total.